The summed E-state index contributed by atoms with van der Waals surface area (Å²) in [6, 6.07) is 0.697. The van der Waals surface area contributed by atoms with Crippen LogP contribution >= 0.6 is 0 Å². The number of nitrogens with two attached hydrogens (primary N) is 1. The number of amides is 1. The fraction of sp³-hybridized carbons (Fsp3) is 0.917. The SMILES string of the molecule is CCNC(C)(CN1CC2CCC1C2)C(N)=O. The second-order valence-electron chi connectivity index (χ2n) is 5.49. The maximum absolute atomic E-state index is 11.5. The van der Waals surface area contributed by atoms with Crippen molar-refractivity contribution >= 4 is 5.91 Å². The van der Waals surface area contributed by atoms with E-state index in [0.717, 1.165) is 25.6 Å². The van der Waals surface area contributed by atoms with Crippen LogP contribution in [0.1, 0.15) is 33.1 Å². The number of likely N-dealkylation sites (tertiary alicyclic amines) is 1. The minimum absolute atomic E-state index is 0.239. The molecule has 2 rings (SSSR count). The highest BCUT2D eigenvalue weighted by Crippen LogP contribution is 2.37. The molecule has 1 amide bonds. The van der Waals surface area contributed by atoms with Gasteiger partial charge in [0.15, 0.2) is 0 Å². The van der Waals surface area contributed by atoms with E-state index >= 15 is 0 Å². The van der Waals surface area contributed by atoms with Gasteiger partial charge in [-0.15, -0.1) is 0 Å². The van der Waals surface area contributed by atoms with Gasteiger partial charge >= 0.3 is 0 Å². The van der Waals surface area contributed by atoms with Crippen molar-refractivity contribution < 1.29 is 4.79 Å². The molecule has 1 saturated heterocycles. The van der Waals surface area contributed by atoms with Gasteiger partial charge in [0.1, 0.15) is 5.54 Å². The number of hydrogen-bond acceptors (Lipinski definition) is 3. The smallest absolute Gasteiger partial charge is 0.238 e. The number of nitrogens with one attached hydrogen (secondary N) is 1. The Morgan fingerprint density at radius 2 is 2.31 bits per heavy atom. The van der Waals surface area contributed by atoms with Crippen molar-refractivity contribution in [2.75, 3.05) is 19.6 Å². The molecule has 2 fully saturated rings. The Morgan fingerprint density at radius 1 is 1.56 bits per heavy atom. The zero-order chi connectivity index (χ0) is 11.8. The van der Waals surface area contributed by atoms with Gasteiger partial charge in [0.05, 0.1) is 0 Å². The van der Waals surface area contributed by atoms with Crippen molar-refractivity contribution in [1.29, 1.82) is 0 Å². The van der Waals surface area contributed by atoms with E-state index < -0.39 is 5.54 Å². The Morgan fingerprint density at radius 3 is 2.75 bits per heavy atom. The van der Waals surface area contributed by atoms with Crippen LogP contribution in [0.2, 0.25) is 0 Å². The minimum Gasteiger partial charge on any atom is -0.368 e. The largest absolute Gasteiger partial charge is 0.368 e. The number of rotatable bonds is 5. The first-order valence-electron chi connectivity index (χ1n) is 6.34. The lowest BCUT2D eigenvalue weighted by Crippen LogP contribution is -2.60. The summed E-state index contributed by atoms with van der Waals surface area (Å²) in [6.45, 7) is 6.62. The summed E-state index contributed by atoms with van der Waals surface area (Å²) in [7, 11) is 0. The number of likely N-dealkylation sites (N-methyl/N-ethyl adjacent to an activating group) is 1. The summed E-state index contributed by atoms with van der Waals surface area (Å²) < 4.78 is 0. The number of carbonyl (C=O) groups is 1. The number of nitrogens with zero attached hydrogens (tertiary/aromatic N) is 1. The van der Waals surface area contributed by atoms with E-state index in [9.17, 15) is 4.79 Å². The summed E-state index contributed by atoms with van der Waals surface area (Å²) in [5, 5.41) is 3.23. The lowest BCUT2D eigenvalue weighted by atomic mass is 9.99. The second kappa shape index (κ2) is 4.34. The lowest BCUT2D eigenvalue weighted by molar-refractivity contribution is -0.124. The predicted molar refractivity (Wildman–Crippen MR) is 64.0 cm³/mol. The van der Waals surface area contributed by atoms with Crippen LogP contribution < -0.4 is 11.1 Å². The monoisotopic (exact) mass is 225 g/mol. The topological polar surface area (TPSA) is 58.4 Å². The molecule has 4 heteroatoms. The van der Waals surface area contributed by atoms with Gasteiger partial charge in [0.2, 0.25) is 5.91 Å². The highest BCUT2D eigenvalue weighted by atomic mass is 16.1. The van der Waals surface area contributed by atoms with Crippen molar-refractivity contribution in [3.8, 4) is 0 Å². The van der Waals surface area contributed by atoms with E-state index in [1.54, 1.807) is 0 Å². The number of fused-ring (bicyclic) bond motifs is 2. The average Bonchev–Trinajstić information content (AvgIpc) is 2.79. The molecule has 0 spiro atoms. The van der Waals surface area contributed by atoms with E-state index in [2.05, 4.69) is 10.2 Å². The Kier molecular flexibility index (Phi) is 3.22. The fourth-order valence-electron chi connectivity index (χ4n) is 3.24. The Hall–Kier alpha value is -0.610. The summed E-state index contributed by atoms with van der Waals surface area (Å²) in [5.41, 5.74) is 4.93. The second-order valence-corrected chi connectivity index (χ2v) is 5.49. The standard InChI is InChI=1S/C12H23N3O/c1-3-14-12(2,11(13)16)8-15-7-9-4-5-10(15)6-9/h9-10,14H,3-8H2,1-2H3,(H2,13,16). The first kappa shape index (κ1) is 11.9. The van der Waals surface area contributed by atoms with Crippen LogP contribution in [0.15, 0.2) is 0 Å². The molecule has 0 aromatic rings. The maximum Gasteiger partial charge on any atom is 0.238 e. The zero-order valence-corrected chi connectivity index (χ0v) is 10.3. The minimum atomic E-state index is -0.570. The molecule has 1 aliphatic carbocycles. The van der Waals surface area contributed by atoms with Gasteiger partial charge < -0.3 is 11.1 Å². The van der Waals surface area contributed by atoms with E-state index in [0.29, 0.717) is 6.04 Å². The van der Waals surface area contributed by atoms with Crippen LogP contribution in [0.5, 0.6) is 0 Å². The van der Waals surface area contributed by atoms with Crippen molar-refractivity contribution in [2.24, 2.45) is 11.7 Å². The quantitative estimate of drug-likeness (QED) is 0.708. The van der Waals surface area contributed by atoms with Crippen LogP contribution in [0.3, 0.4) is 0 Å². The number of primary amides is 1. The summed E-state index contributed by atoms with van der Waals surface area (Å²) in [5.74, 6) is 0.626. The van der Waals surface area contributed by atoms with Crippen LogP contribution in [-0.4, -0.2) is 42.0 Å². The third-order valence-electron chi connectivity index (χ3n) is 4.15. The van der Waals surface area contributed by atoms with Crippen molar-refractivity contribution in [1.82, 2.24) is 10.2 Å². The molecule has 1 aliphatic heterocycles. The third kappa shape index (κ3) is 2.09. The van der Waals surface area contributed by atoms with E-state index in [1.807, 2.05) is 13.8 Å². The Balaban J connectivity index is 1.98. The van der Waals surface area contributed by atoms with Gasteiger partial charge in [0.25, 0.3) is 0 Å². The van der Waals surface area contributed by atoms with Gasteiger partial charge in [0, 0.05) is 19.1 Å². The molecule has 1 saturated carbocycles. The first-order valence-corrected chi connectivity index (χ1v) is 6.34. The van der Waals surface area contributed by atoms with E-state index in [-0.39, 0.29) is 5.91 Å². The molecule has 92 valence electrons. The molecule has 3 unspecified atom stereocenters. The van der Waals surface area contributed by atoms with Crippen molar-refractivity contribution in [3.05, 3.63) is 0 Å². The lowest BCUT2D eigenvalue weighted by Gasteiger charge is -2.36. The van der Waals surface area contributed by atoms with Crippen molar-refractivity contribution in [3.63, 3.8) is 0 Å². The normalized spacial score (nSPS) is 32.9. The average molecular weight is 225 g/mol. The van der Waals surface area contributed by atoms with Crippen molar-refractivity contribution in [2.45, 2.75) is 44.7 Å². The summed E-state index contributed by atoms with van der Waals surface area (Å²) >= 11 is 0. The number of hydrogen-bond donors (Lipinski definition) is 2. The molecule has 4 nitrogen and oxygen atoms in total. The van der Waals surface area contributed by atoms with Crippen LogP contribution in [0.4, 0.5) is 0 Å². The molecule has 2 aliphatic rings. The molecule has 2 bridgehead atoms. The van der Waals surface area contributed by atoms with Gasteiger partial charge in [-0.2, -0.15) is 0 Å². The molecule has 3 N–H and O–H groups in total. The summed E-state index contributed by atoms with van der Waals surface area (Å²) in [4.78, 5) is 14.0. The molecule has 0 aromatic heterocycles. The molecule has 1 heterocycles. The van der Waals surface area contributed by atoms with E-state index in [1.165, 1.54) is 19.3 Å². The van der Waals surface area contributed by atoms with Gasteiger partial charge in [-0.25, -0.2) is 0 Å². The molecular weight excluding hydrogens is 202 g/mol. The molecule has 0 aromatic carbocycles. The Bertz CT molecular complexity index is 281. The number of piperidine rings is 1. The Labute approximate surface area is 97.6 Å². The van der Waals surface area contributed by atoms with Gasteiger partial charge in [-0.3, -0.25) is 9.69 Å². The molecule has 0 radical (unpaired) electrons. The molecular formula is C12H23N3O. The molecule has 16 heavy (non-hydrogen) atoms. The summed E-state index contributed by atoms with van der Waals surface area (Å²) in [6.07, 6.45) is 3.99. The van der Waals surface area contributed by atoms with E-state index in [4.69, 9.17) is 5.73 Å². The van der Waals surface area contributed by atoms with Gasteiger partial charge in [-0.05, 0) is 38.6 Å². The highest BCUT2D eigenvalue weighted by molar-refractivity contribution is 5.84. The zero-order valence-electron chi connectivity index (χ0n) is 10.3. The van der Waals surface area contributed by atoms with Crippen LogP contribution in [0.25, 0.3) is 0 Å². The van der Waals surface area contributed by atoms with Gasteiger partial charge in [-0.1, -0.05) is 6.92 Å². The fourth-order valence-corrected chi connectivity index (χ4v) is 3.24. The van der Waals surface area contributed by atoms with Crippen LogP contribution in [-0.2, 0) is 4.79 Å². The number of carbonyl (C=O) groups excluding carboxylic acids is 1. The predicted octanol–water partition coefficient (Wildman–Crippen LogP) is 0.324. The highest BCUT2D eigenvalue weighted by Gasteiger charge is 2.42. The maximum atomic E-state index is 11.5. The first-order chi connectivity index (χ1) is 7.55. The van der Waals surface area contributed by atoms with Crippen LogP contribution in [0, 0.1) is 5.92 Å². The third-order valence-corrected chi connectivity index (χ3v) is 4.15. The molecule has 3 atom stereocenters.